The van der Waals surface area contributed by atoms with Crippen molar-refractivity contribution >= 4 is 17.8 Å². The minimum absolute atomic E-state index is 0.225. The Kier molecular flexibility index (Phi) is 4.30. The van der Waals surface area contributed by atoms with Crippen molar-refractivity contribution in [3.8, 4) is 0 Å². The molecule has 2 aromatic carbocycles. The first-order valence-corrected chi connectivity index (χ1v) is 9.28. The Morgan fingerprint density at radius 2 is 1.67 bits per heavy atom. The fourth-order valence-electron chi connectivity index (χ4n) is 3.84. The van der Waals surface area contributed by atoms with Crippen molar-refractivity contribution in [3.63, 3.8) is 0 Å². The van der Waals surface area contributed by atoms with Gasteiger partial charge in [-0.15, -0.1) is 0 Å². The predicted octanol–water partition coefficient (Wildman–Crippen LogP) is 3.54. The van der Waals surface area contributed by atoms with E-state index in [1.54, 1.807) is 24.3 Å². The molecule has 27 heavy (non-hydrogen) atoms. The van der Waals surface area contributed by atoms with E-state index in [-0.39, 0.29) is 23.7 Å². The van der Waals surface area contributed by atoms with E-state index in [4.69, 9.17) is 4.74 Å². The summed E-state index contributed by atoms with van der Waals surface area (Å²) in [5, 5.41) is 0. The molecule has 0 fully saturated rings. The largest absolute Gasteiger partial charge is 0.459 e. The Bertz CT molecular complexity index is 900. The average Bonchev–Trinajstić information content (AvgIpc) is 3.16. The number of amides is 2. The lowest BCUT2D eigenvalue weighted by Crippen LogP contribution is -2.40. The lowest BCUT2D eigenvalue weighted by Gasteiger charge is -2.29. The van der Waals surface area contributed by atoms with Gasteiger partial charge in [0, 0.05) is 6.42 Å². The number of ether oxygens (including phenoxy) is 1. The Hall–Kier alpha value is -2.95. The molecule has 0 radical (unpaired) electrons. The minimum atomic E-state index is -0.596. The number of carbonyl (C=O) groups excluding carboxylic acids is 3. The predicted molar refractivity (Wildman–Crippen MR) is 99.2 cm³/mol. The zero-order valence-corrected chi connectivity index (χ0v) is 15.3. The highest BCUT2D eigenvalue weighted by atomic mass is 16.5. The van der Waals surface area contributed by atoms with Gasteiger partial charge in [0.25, 0.3) is 11.8 Å². The fourth-order valence-corrected chi connectivity index (χ4v) is 3.84. The van der Waals surface area contributed by atoms with E-state index in [1.165, 1.54) is 4.90 Å². The zero-order valence-electron chi connectivity index (χ0n) is 15.3. The topological polar surface area (TPSA) is 63.7 Å². The molecule has 0 spiro atoms. The van der Waals surface area contributed by atoms with Crippen LogP contribution in [0.1, 0.15) is 58.2 Å². The molecule has 4 rings (SSSR count). The van der Waals surface area contributed by atoms with Crippen molar-refractivity contribution < 1.29 is 19.1 Å². The maximum Gasteiger partial charge on any atom is 0.309 e. The fraction of sp³-hybridized carbons (Fsp3) is 0.318. The highest BCUT2D eigenvalue weighted by Gasteiger charge is 2.48. The third-order valence-corrected chi connectivity index (χ3v) is 5.53. The van der Waals surface area contributed by atoms with E-state index >= 15 is 0 Å². The Labute approximate surface area is 157 Å². The van der Waals surface area contributed by atoms with Crippen molar-refractivity contribution in [1.29, 1.82) is 0 Å². The smallest absolute Gasteiger partial charge is 0.309 e. The summed E-state index contributed by atoms with van der Waals surface area (Å²) in [6.45, 7) is 3.75. The van der Waals surface area contributed by atoms with Gasteiger partial charge in [0.15, 0.2) is 0 Å². The molecular weight excluding hydrogens is 342 g/mol. The third-order valence-electron chi connectivity index (χ3n) is 5.53. The Morgan fingerprint density at radius 3 is 2.30 bits per heavy atom. The summed E-state index contributed by atoms with van der Waals surface area (Å²) < 4.78 is 5.78. The van der Waals surface area contributed by atoms with Gasteiger partial charge >= 0.3 is 5.97 Å². The quantitative estimate of drug-likeness (QED) is 0.616. The second-order valence-corrected chi connectivity index (χ2v) is 7.16. The van der Waals surface area contributed by atoms with Gasteiger partial charge in [0.2, 0.25) is 0 Å². The number of hydrogen-bond donors (Lipinski definition) is 0. The molecule has 5 nitrogen and oxygen atoms in total. The lowest BCUT2D eigenvalue weighted by atomic mass is 10.1. The molecule has 1 heterocycles. The van der Waals surface area contributed by atoms with Gasteiger partial charge in [-0.25, -0.2) is 0 Å². The van der Waals surface area contributed by atoms with E-state index in [9.17, 15) is 14.4 Å². The van der Waals surface area contributed by atoms with Crippen LogP contribution in [0.15, 0.2) is 48.5 Å². The zero-order chi connectivity index (χ0) is 19.1. The summed E-state index contributed by atoms with van der Waals surface area (Å²) in [7, 11) is 0. The summed E-state index contributed by atoms with van der Waals surface area (Å²) in [4.78, 5) is 39.7. The molecule has 0 N–H and O–H groups in total. The lowest BCUT2D eigenvalue weighted by molar-refractivity contribution is -0.155. The van der Waals surface area contributed by atoms with E-state index < -0.39 is 12.1 Å². The summed E-state index contributed by atoms with van der Waals surface area (Å²) in [6, 6.07) is 13.9. The van der Waals surface area contributed by atoms with E-state index in [0.29, 0.717) is 24.0 Å². The second kappa shape index (κ2) is 6.65. The number of esters is 1. The molecule has 0 unspecified atom stereocenters. The van der Waals surface area contributed by atoms with E-state index in [2.05, 4.69) is 0 Å². The Morgan fingerprint density at radius 1 is 1.07 bits per heavy atom. The van der Waals surface area contributed by atoms with E-state index in [1.807, 2.05) is 38.1 Å². The molecule has 0 saturated carbocycles. The van der Waals surface area contributed by atoms with Crippen molar-refractivity contribution in [1.82, 2.24) is 4.90 Å². The minimum Gasteiger partial charge on any atom is -0.459 e. The first-order chi connectivity index (χ1) is 13.0. The molecule has 0 saturated heterocycles. The molecule has 3 atom stereocenters. The van der Waals surface area contributed by atoms with Crippen LogP contribution in [0.3, 0.4) is 0 Å². The third kappa shape index (κ3) is 2.74. The summed E-state index contributed by atoms with van der Waals surface area (Å²) in [5.41, 5.74) is 2.67. The van der Waals surface area contributed by atoms with Crippen molar-refractivity contribution in [3.05, 3.63) is 70.8 Å². The van der Waals surface area contributed by atoms with Gasteiger partial charge in [-0.1, -0.05) is 50.2 Å². The van der Waals surface area contributed by atoms with Crippen LogP contribution in [-0.2, 0) is 16.0 Å². The van der Waals surface area contributed by atoms with Gasteiger partial charge < -0.3 is 4.74 Å². The molecule has 1 aliphatic carbocycles. The summed E-state index contributed by atoms with van der Waals surface area (Å²) in [6.07, 6.45) is 0.609. The number of hydrogen-bond acceptors (Lipinski definition) is 4. The number of rotatable bonds is 4. The molecule has 1 aliphatic heterocycles. The number of nitrogens with zero attached hydrogens (tertiary/aromatic N) is 1. The van der Waals surface area contributed by atoms with Crippen LogP contribution in [-0.4, -0.2) is 28.8 Å². The van der Waals surface area contributed by atoms with Gasteiger partial charge in [-0.3, -0.25) is 19.3 Å². The monoisotopic (exact) mass is 363 g/mol. The first-order valence-electron chi connectivity index (χ1n) is 9.28. The molecular formula is C22H21NO4. The van der Waals surface area contributed by atoms with Crippen LogP contribution in [0.2, 0.25) is 0 Å². The maximum atomic E-state index is 13.0. The Balaban J connectivity index is 1.73. The number of imide groups is 1. The van der Waals surface area contributed by atoms with Crippen molar-refractivity contribution in [2.75, 3.05) is 0 Å². The number of carbonyl (C=O) groups is 3. The normalized spacial score (nSPS) is 21.8. The highest BCUT2D eigenvalue weighted by Crippen LogP contribution is 2.41. The van der Waals surface area contributed by atoms with Crippen molar-refractivity contribution in [2.24, 2.45) is 5.92 Å². The number of benzene rings is 2. The molecule has 0 aromatic heterocycles. The number of fused-ring (bicyclic) bond motifs is 2. The molecule has 2 aromatic rings. The molecule has 2 aliphatic rings. The van der Waals surface area contributed by atoms with E-state index in [0.717, 1.165) is 11.1 Å². The van der Waals surface area contributed by atoms with Crippen LogP contribution in [0.5, 0.6) is 0 Å². The van der Waals surface area contributed by atoms with Crippen LogP contribution < -0.4 is 0 Å². The molecule has 0 bridgehead atoms. The summed E-state index contributed by atoms with van der Waals surface area (Å²) in [5.74, 6) is -1.18. The van der Waals surface area contributed by atoms with Gasteiger partial charge in [-0.05, 0) is 29.7 Å². The van der Waals surface area contributed by atoms with Crippen LogP contribution in [0.25, 0.3) is 0 Å². The van der Waals surface area contributed by atoms with Gasteiger partial charge in [0.1, 0.15) is 12.1 Å². The van der Waals surface area contributed by atoms with Crippen LogP contribution in [0, 0.1) is 5.92 Å². The first kappa shape index (κ1) is 17.5. The van der Waals surface area contributed by atoms with Crippen molar-refractivity contribution in [2.45, 2.75) is 38.8 Å². The SMILES string of the molecule is CC[C@H](C)C(=O)O[C@H]1Cc2ccccc2[C@H]1N1C(=O)c2ccccc2C1=O. The molecule has 138 valence electrons. The van der Waals surface area contributed by atoms with Crippen LogP contribution in [0.4, 0.5) is 0 Å². The molecule has 2 amide bonds. The standard InChI is InChI=1S/C22H21NO4/c1-3-13(2)22(26)27-18-12-14-8-4-5-9-15(14)19(18)23-20(24)16-10-6-7-11-17(16)21(23)25/h4-11,13,18-19H,3,12H2,1-2H3/t13-,18-,19+/m0/s1. The highest BCUT2D eigenvalue weighted by molar-refractivity contribution is 6.21. The van der Waals surface area contributed by atoms with Crippen LogP contribution >= 0.6 is 0 Å². The van der Waals surface area contributed by atoms with Gasteiger partial charge in [0.05, 0.1) is 17.0 Å². The molecule has 5 heteroatoms. The van der Waals surface area contributed by atoms with Gasteiger partial charge in [-0.2, -0.15) is 0 Å². The summed E-state index contributed by atoms with van der Waals surface area (Å²) >= 11 is 0. The maximum absolute atomic E-state index is 13.0. The average molecular weight is 363 g/mol. The second-order valence-electron chi connectivity index (χ2n) is 7.16.